The highest BCUT2D eigenvalue weighted by Crippen LogP contribution is 2.27. The molecule has 3 aromatic rings. The molecule has 2 fully saturated rings. The first-order chi connectivity index (χ1) is 13.1. The molecule has 5 rings (SSSR count). The van der Waals surface area contributed by atoms with E-state index in [9.17, 15) is 4.79 Å². The Balaban J connectivity index is 1.33. The van der Waals surface area contributed by atoms with Gasteiger partial charge in [-0.2, -0.15) is 5.10 Å². The zero-order valence-corrected chi connectivity index (χ0v) is 15.0. The summed E-state index contributed by atoms with van der Waals surface area (Å²) in [5.41, 5.74) is 2.84. The maximum atomic E-state index is 12.4. The molecular weight excluding hydrogens is 344 g/mol. The number of anilines is 1. The van der Waals surface area contributed by atoms with E-state index < -0.39 is 0 Å². The highest BCUT2D eigenvalue weighted by molar-refractivity contribution is 5.92. The van der Waals surface area contributed by atoms with Crippen molar-refractivity contribution < 1.29 is 9.53 Å². The molecule has 1 N–H and O–H groups in total. The minimum absolute atomic E-state index is 0.0923. The summed E-state index contributed by atoms with van der Waals surface area (Å²) in [5, 5.41) is 7.96. The Bertz CT molecular complexity index is 1020. The van der Waals surface area contributed by atoms with E-state index in [1.807, 2.05) is 37.6 Å². The first-order valence-corrected chi connectivity index (χ1v) is 9.05. The third kappa shape index (κ3) is 3.17. The number of amides is 1. The van der Waals surface area contributed by atoms with Gasteiger partial charge >= 0.3 is 0 Å². The van der Waals surface area contributed by atoms with Gasteiger partial charge in [0.05, 0.1) is 31.0 Å². The standard InChI is InChI=1S/C19H20N6O2/c1-24-8-14(7-21-24)12-2-3-13-6-20-19(22-17(13)4-12)23-18(26)10-25-9-16-5-15(25)11-27-16/h2-4,6-8,15-16H,5,9-11H2,1H3,(H,20,22,23,26)/t15-,16-/m0/s1. The van der Waals surface area contributed by atoms with E-state index in [4.69, 9.17) is 4.74 Å². The van der Waals surface area contributed by atoms with E-state index in [1.165, 1.54) is 0 Å². The summed E-state index contributed by atoms with van der Waals surface area (Å²) in [6.45, 7) is 1.90. The van der Waals surface area contributed by atoms with Crippen molar-refractivity contribution >= 4 is 22.8 Å². The van der Waals surface area contributed by atoms with Crippen molar-refractivity contribution in [3.05, 3.63) is 36.8 Å². The molecule has 8 nitrogen and oxygen atoms in total. The van der Waals surface area contributed by atoms with Crippen LogP contribution >= 0.6 is 0 Å². The summed E-state index contributed by atoms with van der Waals surface area (Å²) in [5.74, 6) is 0.238. The van der Waals surface area contributed by atoms with Gasteiger partial charge in [0.2, 0.25) is 11.9 Å². The van der Waals surface area contributed by atoms with E-state index in [0.29, 0.717) is 18.5 Å². The van der Waals surface area contributed by atoms with Gasteiger partial charge in [0.25, 0.3) is 0 Å². The smallest absolute Gasteiger partial charge is 0.240 e. The van der Waals surface area contributed by atoms with Crippen LogP contribution in [0.1, 0.15) is 6.42 Å². The molecule has 1 aromatic carbocycles. The Morgan fingerprint density at radius 1 is 1.33 bits per heavy atom. The average Bonchev–Trinajstić information content (AvgIpc) is 3.38. The molecule has 2 saturated heterocycles. The lowest BCUT2D eigenvalue weighted by molar-refractivity contribution is -0.118. The maximum absolute atomic E-state index is 12.4. The van der Waals surface area contributed by atoms with Gasteiger partial charge in [-0.1, -0.05) is 12.1 Å². The molecule has 138 valence electrons. The predicted molar refractivity (Wildman–Crippen MR) is 100 cm³/mol. The normalized spacial score (nSPS) is 21.8. The van der Waals surface area contributed by atoms with Crippen LogP contribution in [0.4, 0.5) is 5.95 Å². The summed E-state index contributed by atoms with van der Waals surface area (Å²) in [6.07, 6.45) is 6.82. The number of nitrogens with one attached hydrogen (secondary N) is 1. The third-order valence-electron chi connectivity index (χ3n) is 5.23. The number of ether oxygens (including phenoxy) is 1. The number of morpholine rings is 1. The molecule has 2 atom stereocenters. The summed E-state index contributed by atoms with van der Waals surface area (Å²) < 4.78 is 7.34. The zero-order chi connectivity index (χ0) is 18.4. The van der Waals surface area contributed by atoms with Gasteiger partial charge in [0.1, 0.15) is 0 Å². The second-order valence-corrected chi connectivity index (χ2v) is 7.19. The van der Waals surface area contributed by atoms with Crippen molar-refractivity contribution in [2.45, 2.75) is 18.6 Å². The molecule has 1 amide bonds. The maximum Gasteiger partial charge on any atom is 0.240 e. The van der Waals surface area contributed by atoms with Gasteiger partial charge in [0, 0.05) is 43.0 Å². The number of fused-ring (bicyclic) bond motifs is 3. The summed E-state index contributed by atoms with van der Waals surface area (Å²) in [7, 11) is 1.89. The Hall–Kier alpha value is -2.84. The first-order valence-electron chi connectivity index (χ1n) is 9.05. The SMILES string of the molecule is Cn1cc(-c2ccc3cnc(NC(=O)CN4C[C@@H]5C[C@H]4CO5)nc3c2)cn1. The largest absolute Gasteiger partial charge is 0.375 e. The van der Waals surface area contributed by atoms with Crippen LogP contribution in [0.25, 0.3) is 22.0 Å². The number of carbonyl (C=O) groups excluding carboxylic acids is 1. The molecule has 0 unspecified atom stereocenters. The number of likely N-dealkylation sites (tertiary alicyclic amines) is 1. The predicted octanol–water partition coefficient (Wildman–Crippen LogP) is 1.44. The van der Waals surface area contributed by atoms with Gasteiger partial charge in [-0.25, -0.2) is 9.97 Å². The molecule has 0 radical (unpaired) electrons. The molecule has 2 aromatic heterocycles. The van der Waals surface area contributed by atoms with Crippen molar-refractivity contribution in [3.63, 3.8) is 0 Å². The van der Waals surface area contributed by atoms with Crippen molar-refractivity contribution in [1.82, 2.24) is 24.6 Å². The van der Waals surface area contributed by atoms with Crippen LogP contribution in [0, 0.1) is 0 Å². The van der Waals surface area contributed by atoms with Gasteiger partial charge in [-0.05, 0) is 18.1 Å². The van der Waals surface area contributed by atoms with Crippen LogP contribution in [0.2, 0.25) is 0 Å². The molecule has 4 heterocycles. The highest BCUT2D eigenvalue weighted by atomic mass is 16.5. The lowest BCUT2D eigenvalue weighted by Crippen LogP contribution is -2.42. The molecule has 2 aliphatic rings. The van der Waals surface area contributed by atoms with Crippen LogP contribution < -0.4 is 5.32 Å². The lowest BCUT2D eigenvalue weighted by Gasteiger charge is -2.25. The van der Waals surface area contributed by atoms with Gasteiger partial charge in [-0.3, -0.25) is 19.7 Å². The number of carbonyl (C=O) groups is 1. The van der Waals surface area contributed by atoms with E-state index in [2.05, 4.69) is 25.3 Å². The van der Waals surface area contributed by atoms with Crippen molar-refractivity contribution in [3.8, 4) is 11.1 Å². The van der Waals surface area contributed by atoms with E-state index in [1.54, 1.807) is 10.9 Å². The van der Waals surface area contributed by atoms with Gasteiger partial charge < -0.3 is 4.74 Å². The third-order valence-corrected chi connectivity index (χ3v) is 5.23. The number of hydrogen-bond donors (Lipinski definition) is 1. The van der Waals surface area contributed by atoms with Crippen molar-refractivity contribution in [2.24, 2.45) is 7.05 Å². The minimum Gasteiger partial charge on any atom is -0.375 e. The van der Waals surface area contributed by atoms with E-state index in [0.717, 1.165) is 41.6 Å². The van der Waals surface area contributed by atoms with Crippen molar-refractivity contribution in [1.29, 1.82) is 0 Å². The second-order valence-electron chi connectivity index (χ2n) is 7.19. The Morgan fingerprint density at radius 3 is 3.00 bits per heavy atom. The van der Waals surface area contributed by atoms with Crippen LogP contribution in [-0.2, 0) is 16.6 Å². The second kappa shape index (κ2) is 6.40. The fraction of sp³-hybridized carbons (Fsp3) is 0.368. The number of hydrogen-bond acceptors (Lipinski definition) is 6. The Morgan fingerprint density at radius 2 is 2.26 bits per heavy atom. The number of aryl methyl sites for hydroxylation is 1. The van der Waals surface area contributed by atoms with Gasteiger partial charge in [-0.15, -0.1) is 0 Å². The quantitative estimate of drug-likeness (QED) is 0.754. The monoisotopic (exact) mass is 364 g/mol. The fourth-order valence-corrected chi connectivity index (χ4v) is 3.85. The van der Waals surface area contributed by atoms with Crippen LogP contribution in [0.3, 0.4) is 0 Å². The van der Waals surface area contributed by atoms with Crippen LogP contribution in [0.5, 0.6) is 0 Å². The molecule has 2 bridgehead atoms. The molecule has 0 saturated carbocycles. The number of rotatable bonds is 4. The zero-order valence-electron chi connectivity index (χ0n) is 15.0. The summed E-state index contributed by atoms with van der Waals surface area (Å²) in [6, 6.07) is 6.34. The lowest BCUT2D eigenvalue weighted by atomic mass is 10.1. The molecular formula is C19H20N6O2. The van der Waals surface area contributed by atoms with Crippen molar-refractivity contribution in [2.75, 3.05) is 25.0 Å². The fourth-order valence-electron chi connectivity index (χ4n) is 3.85. The molecule has 0 spiro atoms. The number of benzene rings is 1. The molecule has 8 heteroatoms. The Labute approximate surface area is 156 Å². The minimum atomic E-state index is -0.0923. The average molecular weight is 364 g/mol. The number of aromatic nitrogens is 4. The molecule has 2 aliphatic heterocycles. The van der Waals surface area contributed by atoms with E-state index >= 15 is 0 Å². The summed E-state index contributed by atoms with van der Waals surface area (Å²) in [4.78, 5) is 23.3. The molecule has 0 aliphatic carbocycles. The van der Waals surface area contributed by atoms with Crippen LogP contribution in [-0.4, -0.2) is 62.4 Å². The van der Waals surface area contributed by atoms with Gasteiger partial charge in [0.15, 0.2) is 0 Å². The highest BCUT2D eigenvalue weighted by Gasteiger charge is 2.39. The molecule has 27 heavy (non-hydrogen) atoms. The Kier molecular flexibility index (Phi) is 3.87. The number of nitrogens with zero attached hydrogens (tertiary/aromatic N) is 5. The summed E-state index contributed by atoms with van der Waals surface area (Å²) >= 11 is 0. The van der Waals surface area contributed by atoms with E-state index in [-0.39, 0.29) is 12.0 Å². The first kappa shape index (κ1) is 16.3. The topological polar surface area (TPSA) is 85.2 Å². The van der Waals surface area contributed by atoms with Crippen LogP contribution in [0.15, 0.2) is 36.8 Å².